The van der Waals surface area contributed by atoms with Crippen molar-refractivity contribution in [2.75, 3.05) is 0 Å². The molecule has 3 aromatic rings. The van der Waals surface area contributed by atoms with Crippen LogP contribution in [-0.2, 0) is 0 Å². The van der Waals surface area contributed by atoms with E-state index in [2.05, 4.69) is 17.1 Å². The van der Waals surface area contributed by atoms with Gasteiger partial charge in [-0.3, -0.25) is 0 Å². The van der Waals surface area contributed by atoms with Crippen LogP contribution in [0.4, 0.5) is 0 Å². The van der Waals surface area contributed by atoms with Crippen molar-refractivity contribution in [3.63, 3.8) is 0 Å². The van der Waals surface area contributed by atoms with E-state index in [1.807, 2.05) is 48.6 Å². The number of hydrogen-bond donors (Lipinski definition) is 1. The molecular formula is C17H13NO. The Morgan fingerprint density at radius 2 is 1.58 bits per heavy atom. The van der Waals surface area contributed by atoms with E-state index in [0.29, 0.717) is 0 Å². The van der Waals surface area contributed by atoms with Gasteiger partial charge >= 0.3 is 0 Å². The third-order valence-corrected chi connectivity index (χ3v) is 2.96. The van der Waals surface area contributed by atoms with Crippen LogP contribution >= 0.6 is 0 Å². The first-order valence-electron chi connectivity index (χ1n) is 6.14. The lowest BCUT2D eigenvalue weighted by Crippen LogP contribution is -1.82. The summed E-state index contributed by atoms with van der Waals surface area (Å²) in [6.45, 7) is 0. The predicted molar refractivity (Wildman–Crippen MR) is 78.8 cm³/mol. The number of phenols is 1. The molecule has 0 atom stereocenters. The monoisotopic (exact) mass is 247 g/mol. The van der Waals surface area contributed by atoms with E-state index in [-0.39, 0.29) is 5.75 Å². The van der Waals surface area contributed by atoms with Gasteiger partial charge in [-0.05, 0) is 35.9 Å². The van der Waals surface area contributed by atoms with Crippen molar-refractivity contribution in [3.05, 3.63) is 71.9 Å². The molecule has 0 radical (unpaired) electrons. The highest BCUT2D eigenvalue weighted by Crippen LogP contribution is 2.15. The maximum atomic E-state index is 9.22. The van der Waals surface area contributed by atoms with Crippen molar-refractivity contribution < 1.29 is 5.11 Å². The zero-order valence-corrected chi connectivity index (χ0v) is 10.3. The molecule has 0 amide bonds. The lowest BCUT2D eigenvalue weighted by Gasteiger charge is -1.98. The number of benzene rings is 2. The van der Waals surface area contributed by atoms with Gasteiger partial charge in [0.15, 0.2) is 0 Å². The largest absolute Gasteiger partial charge is 0.508 e. The summed E-state index contributed by atoms with van der Waals surface area (Å²) in [5.41, 5.74) is 2.95. The first kappa shape index (κ1) is 11.5. The average molecular weight is 247 g/mol. The second kappa shape index (κ2) is 4.94. The Kier molecular flexibility index (Phi) is 2.99. The van der Waals surface area contributed by atoms with Crippen LogP contribution in [-0.4, -0.2) is 10.1 Å². The molecule has 0 saturated heterocycles. The van der Waals surface area contributed by atoms with Gasteiger partial charge < -0.3 is 5.11 Å². The molecule has 1 heterocycles. The molecule has 0 fully saturated rings. The zero-order valence-electron chi connectivity index (χ0n) is 10.3. The Morgan fingerprint density at radius 3 is 2.42 bits per heavy atom. The Labute approximate surface area is 111 Å². The van der Waals surface area contributed by atoms with Crippen LogP contribution in [0.1, 0.15) is 11.3 Å². The van der Waals surface area contributed by atoms with Gasteiger partial charge in [-0.2, -0.15) is 0 Å². The summed E-state index contributed by atoms with van der Waals surface area (Å²) < 4.78 is 0. The number of para-hydroxylation sites is 1. The number of fused-ring (bicyclic) bond motifs is 1. The number of pyridine rings is 1. The minimum atomic E-state index is 0.279. The van der Waals surface area contributed by atoms with Gasteiger partial charge in [-0.25, -0.2) is 4.98 Å². The van der Waals surface area contributed by atoms with Crippen molar-refractivity contribution in [3.8, 4) is 5.75 Å². The minimum Gasteiger partial charge on any atom is -0.508 e. The molecular weight excluding hydrogens is 234 g/mol. The number of phenolic OH excluding ortho intramolecular Hbond substituents is 1. The second-order valence-electron chi connectivity index (χ2n) is 4.35. The molecule has 19 heavy (non-hydrogen) atoms. The van der Waals surface area contributed by atoms with E-state index in [1.165, 1.54) is 0 Å². The van der Waals surface area contributed by atoms with E-state index in [1.54, 1.807) is 12.1 Å². The fraction of sp³-hybridized carbons (Fsp3) is 0. The molecule has 92 valence electrons. The molecule has 0 aliphatic rings. The SMILES string of the molecule is Oc1ccc(/C=C\c2ccc3ccccc3n2)cc1. The number of rotatable bonds is 2. The number of nitrogens with zero attached hydrogens (tertiary/aromatic N) is 1. The molecule has 0 saturated carbocycles. The normalized spacial score (nSPS) is 11.2. The van der Waals surface area contributed by atoms with Crippen molar-refractivity contribution in [2.45, 2.75) is 0 Å². The quantitative estimate of drug-likeness (QED) is 0.739. The van der Waals surface area contributed by atoms with Crippen LogP contribution in [0.3, 0.4) is 0 Å². The Hall–Kier alpha value is -2.61. The highest BCUT2D eigenvalue weighted by Gasteiger charge is 1.94. The summed E-state index contributed by atoms with van der Waals surface area (Å²) in [6.07, 6.45) is 3.95. The number of hydrogen-bond acceptors (Lipinski definition) is 2. The van der Waals surface area contributed by atoms with Crippen LogP contribution in [0.15, 0.2) is 60.7 Å². The Bertz CT molecular complexity index is 730. The fourth-order valence-electron chi connectivity index (χ4n) is 1.94. The standard InChI is InChI=1S/C17H13NO/c19-16-11-6-13(7-12-16)5-9-15-10-8-14-3-1-2-4-17(14)18-15/h1-12,19H/b9-5-. The van der Waals surface area contributed by atoms with Gasteiger partial charge in [0, 0.05) is 5.39 Å². The van der Waals surface area contributed by atoms with E-state index < -0.39 is 0 Å². The maximum Gasteiger partial charge on any atom is 0.115 e. The summed E-state index contributed by atoms with van der Waals surface area (Å²) in [5.74, 6) is 0.279. The first-order valence-corrected chi connectivity index (χ1v) is 6.14. The van der Waals surface area contributed by atoms with Gasteiger partial charge in [-0.1, -0.05) is 42.5 Å². The van der Waals surface area contributed by atoms with Crippen molar-refractivity contribution in [2.24, 2.45) is 0 Å². The Morgan fingerprint density at radius 1 is 0.789 bits per heavy atom. The van der Waals surface area contributed by atoms with Crippen molar-refractivity contribution >= 4 is 23.1 Å². The highest BCUT2D eigenvalue weighted by atomic mass is 16.3. The molecule has 2 nitrogen and oxygen atoms in total. The van der Waals surface area contributed by atoms with Crippen LogP contribution in [0.5, 0.6) is 5.75 Å². The average Bonchev–Trinajstić information content (AvgIpc) is 2.46. The Balaban J connectivity index is 1.90. The molecule has 0 bridgehead atoms. The van der Waals surface area contributed by atoms with E-state index >= 15 is 0 Å². The van der Waals surface area contributed by atoms with Crippen LogP contribution in [0.25, 0.3) is 23.1 Å². The van der Waals surface area contributed by atoms with Gasteiger partial charge in [0.2, 0.25) is 0 Å². The number of aromatic hydroxyl groups is 1. The summed E-state index contributed by atoms with van der Waals surface area (Å²) in [6, 6.07) is 19.2. The number of aromatic nitrogens is 1. The topological polar surface area (TPSA) is 33.1 Å². The molecule has 2 aromatic carbocycles. The smallest absolute Gasteiger partial charge is 0.115 e. The summed E-state index contributed by atoms with van der Waals surface area (Å²) in [5, 5.41) is 10.4. The second-order valence-corrected chi connectivity index (χ2v) is 4.35. The predicted octanol–water partition coefficient (Wildman–Crippen LogP) is 4.11. The molecule has 3 rings (SSSR count). The lowest BCUT2D eigenvalue weighted by molar-refractivity contribution is 0.475. The van der Waals surface area contributed by atoms with Crippen LogP contribution in [0.2, 0.25) is 0 Å². The molecule has 1 aromatic heterocycles. The molecule has 0 unspecified atom stereocenters. The van der Waals surface area contributed by atoms with Gasteiger partial charge in [0.1, 0.15) is 5.75 Å². The van der Waals surface area contributed by atoms with Crippen molar-refractivity contribution in [1.29, 1.82) is 0 Å². The third-order valence-electron chi connectivity index (χ3n) is 2.96. The molecule has 0 aliphatic carbocycles. The van der Waals surface area contributed by atoms with E-state index in [4.69, 9.17) is 0 Å². The molecule has 0 spiro atoms. The fourth-order valence-corrected chi connectivity index (χ4v) is 1.94. The van der Waals surface area contributed by atoms with Crippen molar-refractivity contribution in [1.82, 2.24) is 4.98 Å². The van der Waals surface area contributed by atoms with E-state index in [9.17, 15) is 5.11 Å². The van der Waals surface area contributed by atoms with E-state index in [0.717, 1.165) is 22.2 Å². The zero-order chi connectivity index (χ0) is 13.1. The van der Waals surface area contributed by atoms with Gasteiger partial charge in [-0.15, -0.1) is 0 Å². The first-order chi connectivity index (χ1) is 9.31. The third kappa shape index (κ3) is 2.63. The summed E-state index contributed by atoms with van der Waals surface area (Å²) in [4.78, 5) is 4.57. The highest BCUT2D eigenvalue weighted by molar-refractivity contribution is 5.80. The molecule has 2 heteroatoms. The van der Waals surface area contributed by atoms with Crippen LogP contribution in [0, 0.1) is 0 Å². The summed E-state index contributed by atoms with van der Waals surface area (Å²) >= 11 is 0. The van der Waals surface area contributed by atoms with Gasteiger partial charge in [0.05, 0.1) is 11.2 Å². The maximum absolute atomic E-state index is 9.22. The lowest BCUT2D eigenvalue weighted by atomic mass is 10.1. The van der Waals surface area contributed by atoms with Gasteiger partial charge in [0.25, 0.3) is 0 Å². The molecule has 1 N–H and O–H groups in total. The molecule has 0 aliphatic heterocycles. The minimum absolute atomic E-state index is 0.279. The summed E-state index contributed by atoms with van der Waals surface area (Å²) in [7, 11) is 0. The van der Waals surface area contributed by atoms with Crippen LogP contribution < -0.4 is 0 Å².